The number of hydrogen-bond donors (Lipinski definition) is 1. The molecule has 1 aromatic carbocycles. The van der Waals surface area contributed by atoms with Gasteiger partial charge in [-0.1, -0.05) is 13.8 Å². The second kappa shape index (κ2) is 9.61. The highest BCUT2D eigenvalue weighted by molar-refractivity contribution is 5.94. The minimum Gasteiger partial charge on any atom is -0.369 e. The van der Waals surface area contributed by atoms with Gasteiger partial charge in [-0.15, -0.1) is 0 Å². The second-order valence-corrected chi connectivity index (χ2v) is 8.89. The van der Waals surface area contributed by atoms with Gasteiger partial charge in [0.15, 0.2) is 0 Å². The Balaban J connectivity index is 1.48. The first-order valence-corrected chi connectivity index (χ1v) is 11.0. The van der Waals surface area contributed by atoms with Gasteiger partial charge < -0.3 is 15.1 Å². The van der Waals surface area contributed by atoms with Crippen molar-refractivity contribution in [1.82, 2.24) is 15.1 Å². The first-order chi connectivity index (χ1) is 13.8. The van der Waals surface area contributed by atoms with Crippen LogP contribution >= 0.6 is 0 Å². The van der Waals surface area contributed by atoms with Crippen LogP contribution in [-0.4, -0.2) is 73.0 Å². The van der Waals surface area contributed by atoms with Crippen molar-refractivity contribution in [2.45, 2.75) is 52.6 Å². The van der Waals surface area contributed by atoms with E-state index >= 15 is 0 Å². The number of amides is 2. The van der Waals surface area contributed by atoms with Gasteiger partial charge in [-0.25, -0.2) is 0 Å². The Bertz CT molecular complexity index is 685. The SMILES string of the molecule is CC(C)C(=O)N1CCC(NC(=O)c2ccc(N3CCN(C(C)C)CC3)cc2)CC1. The van der Waals surface area contributed by atoms with Gasteiger partial charge >= 0.3 is 0 Å². The molecule has 2 aliphatic heterocycles. The molecule has 1 aromatic rings. The first-order valence-electron chi connectivity index (χ1n) is 11.0. The summed E-state index contributed by atoms with van der Waals surface area (Å²) in [6, 6.07) is 8.71. The summed E-state index contributed by atoms with van der Waals surface area (Å²) in [5.41, 5.74) is 1.89. The highest BCUT2D eigenvalue weighted by Gasteiger charge is 2.25. The molecule has 0 atom stereocenters. The zero-order chi connectivity index (χ0) is 21.0. The molecule has 0 aliphatic carbocycles. The summed E-state index contributed by atoms with van der Waals surface area (Å²) in [6.07, 6.45) is 1.64. The van der Waals surface area contributed by atoms with Crippen molar-refractivity contribution in [1.29, 1.82) is 0 Å². The molecule has 2 heterocycles. The number of nitrogens with one attached hydrogen (secondary N) is 1. The molecule has 6 nitrogen and oxygen atoms in total. The van der Waals surface area contributed by atoms with Crippen LogP contribution in [0.25, 0.3) is 0 Å². The van der Waals surface area contributed by atoms with E-state index in [-0.39, 0.29) is 23.8 Å². The van der Waals surface area contributed by atoms with Crippen LogP contribution < -0.4 is 10.2 Å². The molecule has 160 valence electrons. The van der Waals surface area contributed by atoms with E-state index in [9.17, 15) is 9.59 Å². The third-order valence-electron chi connectivity index (χ3n) is 6.17. The summed E-state index contributed by atoms with van der Waals surface area (Å²) in [4.78, 5) is 31.5. The van der Waals surface area contributed by atoms with Gasteiger partial charge in [-0.05, 0) is 51.0 Å². The summed E-state index contributed by atoms with van der Waals surface area (Å²) in [6.45, 7) is 14.0. The fraction of sp³-hybridized carbons (Fsp3) is 0.652. The molecule has 2 amide bonds. The Kier molecular flexibility index (Phi) is 7.17. The van der Waals surface area contributed by atoms with E-state index in [1.807, 2.05) is 30.9 Å². The van der Waals surface area contributed by atoms with Gasteiger partial charge in [0.2, 0.25) is 5.91 Å². The van der Waals surface area contributed by atoms with Gasteiger partial charge in [0, 0.05) is 68.5 Å². The minimum absolute atomic E-state index is 0.0187. The van der Waals surface area contributed by atoms with E-state index in [4.69, 9.17) is 0 Å². The van der Waals surface area contributed by atoms with Crippen LogP contribution in [-0.2, 0) is 4.79 Å². The average molecular weight is 401 g/mol. The van der Waals surface area contributed by atoms with Gasteiger partial charge in [0.1, 0.15) is 0 Å². The Hall–Kier alpha value is -2.08. The lowest BCUT2D eigenvalue weighted by molar-refractivity contribution is -0.135. The van der Waals surface area contributed by atoms with Crippen LogP contribution in [0.2, 0.25) is 0 Å². The maximum absolute atomic E-state index is 12.6. The molecule has 2 aliphatic rings. The first kappa shape index (κ1) is 21.6. The van der Waals surface area contributed by atoms with Crippen LogP contribution in [0.5, 0.6) is 0 Å². The van der Waals surface area contributed by atoms with Crippen molar-refractivity contribution >= 4 is 17.5 Å². The molecule has 0 saturated carbocycles. The molecular weight excluding hydrogens is 364 g/mol. The van der Waals surface area contributed by atoms with Crippen LogP contribution in [0.4, 0.5) is 5.69 Å². The van der Waals surface area contributed by atoms with E-state index in [1.54, 1.807) is 0 Å². The minimum atomic E-state index is -0.0187. The molecule has 3 rings (SSSR count). The maximum Gasteiger partial charge on any atom is 0.251 e. The summed E-state index contributed by atoms with van der Waals surface area (Å²) in [5, 5.41) is 3.14. The van der Waals surface area contributed by atoms with Crippen LogP contribution in [0.15, 0.2) is 24.3 Å². The monoisotopic (exact) mass is 400 g/mol. The number of benzene rings is 1. The molecule has 6 heteroatoms. The fourth-order valence-corrected chi connectivity index (χ4v) is 4.20. The number of piperidine rings is 1. The Labute approximate surface area is 175 Å². The van der Waals surface area contributed by atoms with Gasteiger partial charge in [0.25, 0.3) is 5.91 Å². The number of piperazine rings is 1. The largest absolute Gasteiger partial charge is 0.369 e. The Morgan fingerprint density at radius 2 is 1.48 bits per heavy atom. The van der Waals surface area contributed by atoms with Crippen LogP contribution in [0.1, 0.15) is 50.9 Å². The zero-order valence-corrected chi connectivity index (χ0v) is 18.4. The normalized spacial score (nSPS) is 19.1. The molecule has 0 bridgehead atoms. The zero-order valence-electron chi connectivity index (χ0n) is 18.4. The molecule has 29 heavy (non-hydrogen) atoms. The number of carbonyl (C=O) groups is 2. The number of likely N-dealkylation sites (tertiary alicyclic amines) is 1. The maximum atomic E-state index is 12.6. The average Bonchev–Trinajstić information content (AvgIpc) is 2.74. The number of anilines is 1. The standard InChI is InChI=1S/C23H36N4O2/c1-17(2)23(29)27-11-9-20(10-12-27)24-22(28)19-5-7-21(8-6-19)26-15-13-25(14-16-26)18(3)4/h5-8,17-18,20H,9-16H2,1-4H3,(H,24,28). The molecule has 0 aromatic heterocycles. The third-order valence-corrected chi connectivity index (χ3v) is 6.17. The van der Waals surface area contributed by atoms with Crippen molar-refractivity contribution < 1.29 is 9.59 Å². The van der Waals surface area contributed by atoms with E-state index in [1.165, 1.54) is 5.69 Å². The van der Waals surface area contributed by atoms with E-state index in [2.05, 4.69) is 41.1 Å². The number of nitrogens with zero attached hydrogens (tertiary/aromatic N) is 3. The smallest absolute Gasteiger partial charge is 0.251 e. The van der Waals surface area contributed by atoms with E-state index < -0.39 is 0 Å². The number of rotatable bonds is 5. The summed E-state index contributed by atoms with van der Waals surface area (Å²) < 4.78 is 0. The summed E-state index contributed by atoms with van der Waals surface area (Å²) >= 11 is 0. The molecule has 2 saturated heterocycles. The second-order valence-electron chi connectivity index (χ2n) is 8.89. The van der Waals surface area contributed by atoms with Crippen molar-refractivity contribution in [3.05, 3.63) is 29.8 Å². The van der Waals surface area contributed by atoms with Gasteiger partial charge in [0.05, 0.1) is 0 Å². The van der Waals surface area contributed by atoms with Gasteiger partial charge in [-0.3, -0.25) is 14.5 Å². The summed E-state index contributed by atoms with van der Waals surface area (Å²) in [7, 11) is 0. The lowest BCUT2D eigenvalue weighted by Gasteiger charge is -2.38. The topological polar surface area (TPSA) is 55.9 Å². The fourth-order valence-electron chi connectivity index (χ4n) is 4.20. The van der Waals surface area contributed by atoms with Crippen molar-refractivity contribution in [2.75, 3.05) is 44.2 Å². The highest BCUT2D eigenvalue weighted by atomic mass is 16.2. The van der Waals surface area contributed by atoms with E-state index in [0.717, 1.165) is 52.1 Å². The lowest BCUT2D eigenvalue weighted by Crippen LogP contribution is -2.49. The third kappa shape index (κ3) is 5.50. The van der Waals surface area contributed by atoms with Crippen molar-refractivity contribution in [3.8, 4) is 0 Å². The molecule has 2 fully saturated rings. The molecule has 0 spiro atoms. The van der Waals surface area contributed by atoms with Gasteiger partial charge in [-0.2, -0.15) is 0 Å². The van der Waals surface area contributed by atoms with Crippen molar-refractivity contribution in [3.63, 3.8) is 0 Å². The highest BCUT2D eigenvalue weighted by Crippen LogP contribution is 2.19. The molecule has 0 radical (unpaired) electrons. The Morgan fingerprint density at radius 3 is 2.00 bits per heavy atom. The lowest BCUT2D eigenvalue weighted by atomic mass is 10.0. The van der Waals surface area contributed by atoms with E-state index in [0.29, 0.717) is 11.6 Å². The quantitative estimate of drug-likeness (QED) is 0.825. The molecular formula is C23H36N4O2. The summed E-state index contributed by atoms with van der Waals surface area (Å²) in [5.74, 6) is 0.224. The number of hydrogen-bond acceptors (Lipinski definition) is 4. The predicted octanol–water partition coefficient (Wildman–Crippen LogP) is 2.59. The molecule has 1 N–H and O–H groups in total. The van der Waals surface area contributed by atoms with Crippen molar-refractivity contribution in [2.24, 2.45) is 5.92 Å². The number of carbonyl (C=O) groups excluding carboxylic acids is 2. The Morgan fingerprint density at radius 1 is 0.897 bits per heavy atom. The predicted molar refractivity (Wildman–Crippen MR) is 117 cm³/mol. The molecule has 0 unspecified atom stereocenters. The van der Waals surface area contributed by atoms with Crippen LogP contribution in [0.3, 0.4) is 0 Å². The van der Waals surface area contributed by atoms with Crippen LogP contribution in [0, 0.1) is 5.92 Å².